The summed E-state index contributed by atoms with van der Waals surface area (Å²) < 4.78 is 3.83. The first-order chi connectivity index (χ1) is 7.70. The van der Waals surface area contributed by atoms with Gasteiger partial charge in [-0.15, -0.1) is 0 Å². The summed E-state index contributed by atoms with van der Waals surface area (Å²) in [5, 5.41) is 14.9. The lowest BCUT2D eigenvalue weighted by Crippen LogP contribution is -1.93. The van der Waals surface area contributed by atoms with Crippen LogP contribution in [0, 0.1) is 11.7 Å². The van der Waals surface area contributed by atoms with Gasteiger partial charge in [0.15, 0.2) is 0 Å². The summed E-state index contributed by atoms with van der Waals surface area (Å²) >= 11 is 4.97. The van der Waals surface area contributed by atoms with E-state index in [4.69, 9.17) is 12.2 Å². The molecule has 2 aromatic heterocycles. The molecule has 0 fully saturated rings. The average molecular weight is 236 g/mol. The molecule has 0 aliphatic heterocycles. The fourth-order valence-corrected chi connectivity index (χ4v) is 1.42. The van der Waals surface area contributed by atoms with Gasteiger partial charge in [0.1, 0.15) is 6.33 Å². The molecule has 0 aliphatic rings. The highest BCUT2D eigenvalue weighted by Gasteiger charge is 2.00. The van der Waals surface area contributed by atoms with E-state index in [-0.39, 0.29) is 0 Å². The van der Waals surface area contributed by atoms with Crippen LogP contribution in [0.2, 0.25) is 0 Å². The molecule has 6 nitrogen and oxygen atoms in total. The predicted molar refractivity (Wildman–Crippen MR) is 63.0 cm³/mol. The highest BCUT2D eigenvalue weighted by molar-refractivity contribution is 7.71. The molecule has 0 aromatic carbocycles. The van der Waals surface area contributed by atoms with E-state index in [0.29, 0.717) is 4.77 Å². The van der Waals surface area contributed by atoms with Gasteiger partial charge in [0.05, 0.1) is 11.9 Å². The molecule has 0 aliphatic carbocycles. The molecule has 0 unspecified atom stereocenters. The topological polar surface area (TPSA) is 63.8 Å². The van der Waals surface area contributed by atoms with E-state index in [1.807, 2.05) is 24.7 Å². The largest absolute Gasteiger partial charge is 0.272 e. The Kier molecular flexibility index (Phi) is 2.95. The third-order valence-corrected chi connectivity index (χ3v) is 2.44. The first-order valence-corrected chi connectivity index (χ1v) is 5.32. The van der Waals surface area contributed by atoms with Crippen molar-refractivity contribution in [2.24, 2.45) is 5.10 Å². The third kappa shape index (κ3) is 2.08. The van der Waals surface area contributed by atoms with Gasteiger partial charge in [0.2, 0.25) is 4.77 Å². The van der Waals surface area contributed by atoms with E-state index < -0.39 is 0 Å². The van der Waals surface area contributed by atoms with Crippen molar-refractivity contribution in [2.45, 2.75) is 20.4 Å². The summed E-state index contributed by atoms with van der Waals surface area (Å²) in [6, 6.07) is 0. The minimum Gasteiger partial charge on any atom is -0.272 e. The van der Waals surface area contributed by atoms with Gasteiger partial charge < -0.3 is 0 Å². The Hall–Kier alpha value is -1.76. The second-order valence-corrected chi connectivity index (χ2v) is 3.66. The zero-order chi connectivity index (χ0) is 11.5. The smallest absolute Gasteiger partial charge is 0.216 e. The normalized spacial score (nSPS) is 11.4. The van der Waals surface area contributed by atoms with Crippen LogP contribution in [0.4, 0.5) is 0 Å². The molecular formula is C9H12N6S. The van der Waals surface area contributed by atoms with Crippen molar-refractivity contribution in [1.29, 1.82) is 0 Å². The number of aryl methyl sites for hydroxylation is 2. The van der Waals surface area contributed by atoms with Crippen LogP contribution in [0.1, 0.15) is 18.2 Å². The van der Waals surface area contributed by atoms with E-state index >= 15 is 0 Å². The highest BCUT2D eigenvalue weighted by atomic mass is 32.1. The second kappa shape index (κ2) is 4.40. The summed E-state index contributed by atoms with van der Waals surface area (Å²) in [6.45, 7) is 4.83. The number of H-pyrrole nitrogens is 1. The lowest BCUT2D eigenvalue weighted by atomic mass is 10.3. The number of aromatic nitrogens is 5. The Morgan fingerprint density at radius 3 is 3.00 bits per heavy atom. The van der Waals surface area contributed by atoms with Crippen LogP contribution in [-0.4, -0.2) is 30.9 Å². The van der Waals surface area contributed by atoms with Crippen LogP contribution in [0.5, 0.6) is 0 Å². The van der Waals surface area contributed by atoms with Crippen molar-refractivity contribution < 1.29 is 0 Å². The maximum absolute atomic E-state index is 4.97. The SMILES string of the molecule is CCn1cc(C=Nn2cn[nH]c2=S)c(C)n1. The molecule has 2 heterocycles. The first kappa shape index (κ1) is 10.7. The van der Waals surface area contributed by atoms with Crippen molar-refractivity contribution in [3.8, 4) is 0 Å². The molecule has 2 rings (SSSR count). The minimum absolute atomic E-state index is 0.469. The minimum atomic E-state index is 0.469. The molecule has 0 spiro atoms. The average Bonchev–Trinajstić information content (AvgIpc) is 2.82. The number of aromatic amines is 1. The number of hydrogen-bond acceptors (Lipinski definition) is 4. The van der Waals surface area contributed by atoms with E-state index in [0.717, 1.165) is 17.8 Å². The standard InChI is InChI=1S/C9H12N6S/c1-3-14-5-8(7(2)13-14)4-11-15-6-10-12-9(15)16/h4-6H,3H2,1-2H3,(H,12,16). The van der Waals surface area contributed by atoms with Crippen molar-refractivity contribution in [3.05, 3.63) is 28.6 Å². The van der Waals surface area contributed by atoms with Crippen LogP contribution in [0.3, 0.4) is 0 Å². The molecular weight excluding hydrogens is 224 g/mol. The van der Waals surface area contributed by atoms with Crippen LogP contribution >= 0.6 is 12.2 Å². The molecule has 7 heteroatoms. The number of hydrogen-bond donors (Lipinski definition) is 1. The fourth-order valence-electron chi connectivity index (χ4n) is 1.27. The molecule has 16 heavy (non-hydrogen) atoms. The summed E-state index contributed by atoms with van der Waals surface area (Å²) in [5.74, 6) is 0. The Morgan fingerprint density at radius 1 is 1.62 bits per heavy atom. The van der Waals surface area contributed by atoms with Gasteiger partial charge in [-0.25, -0.2) is 0 Å². The van der Waals surface area contributed by atoms with Crippen molar-refractivity contribution in [2.75, 3.05) is 0 Å². The molecule has 0 radical (unpaired) electrons. The lowest BCUT2D eigenvalue weighted by Gasteiger charge is -1.89. The van der Waals surface area contributed by atoms with Gasteiger partial charge >= 0.3 is 0 Å². The molecule has 0 atom stereocenters. The Labute approximate surface area is 97.6 Å². The monoisotopic (exact) mass is 236 g/mol. The van der Waals surface area contributed by atoms with Gasteiger partial charge in [-0.05, 0) is 26.1 Å². The summed E-state index contributed by atoms with van der Waals surface area (Å²) in [6.07, 6.45) is 5.20. The zero-order valence-corrected chi connectivity index (χ0v) is 9.90. The van der Waals surface area contributed by atoms with E-state index in [1.54, 1.807) is 6.21 Å². The van der Waals surface area contributed by atoms with Gasteiger partial charge in [0, 0.05) is 18.3 Å². The maximum Gasteiger partial charge on any atom is 0.216 e. The van der Waals surface area contributed by atoms with Gasteiger partial charge in [-0.3, -0.25) is 9.78 Å². The summed E-state index contributed by atoms with van der Waals surface area (Å²) in [5.41, 5.74) is 1.92. The summed E-state index contributed by atoms with van der Waals surface area (Å²) in [4.78, 5) is 0. The molecule has 0 saturated heterocycles. The van der Waals surface area contributed by atoms with E-state index in [2.05, 4.69) is 20.4 Å². The predicted octanol–water partition coefficient (Wildman–Crippen LogP) is 1.35. The molecule has 0 amide bonds. The summed E-state index contributed by atoms with van der Waals surface area (Å²) in [7, 11) is 0. The van der Waals surface area contributed by atoms with Crippen molar-refractivity contribution in [1.82, 2.24) is 24.7 Å². The van der Waals surface area contributed by atoms with Gasteiger partial charge in [0.25, 0.3) is 0 Å². The van der Waals surface area contributed by atoms with Crippen molar-refractivity contribution in [3.63, 3.8) is 0 Å². The van der Waals surface area contributed by atoms with Gasteiger partial charge in [-0.1, -0.05) is 0 Å². The van der Waals surface area contributed by atoms with Gasteiger partial charge in [-0.2, -0.15) is 20.0 Å². The molecule has 0 saturated carbocycles. The van der Waals surface area contributed by atoms with Crippen LogP contribution in [0.25, 0.3) is 0 Å². The zero-order valence-electron chi connectivity index (χ0n) is 9.08. The van der Waals surface area contributed by atoms with Crippen LogP contribution in [0.15, 0.2) is 17.6 Å². The van der Waals surface area contributed by atoms with E-state index in [1.165, 1.54) is 11.0 Å². The maximum atomic E-state index is 4.97. The Bertz CT molecular complexity index is 561. The van der Waals surface area contributed by atoms with Crippen LogP contribution < -0.4 is 0 Å². The molecule has 2 aromatic rings. The third-order valence-electron chi connectivity index (χ3n) is 2.16. The molecule has 1 N–H and O–H groups in total. The number of nitrogens with zero attached hydrogens (tertiary/aromatic N) is 5. The Morgan fingerprint density at radius 2 is 2.44 bits per heavy atom. The molecule has 0 bridgehead atoms. The van der Waals surface area contributed by atoms with E-state index in [9.17, 15) is 0 Å². The Balaban J connectivity index is 2.27. The highest BCUT2D eigenvalue weighted by Crippen LogP contribution is 2.02. The van der Waals surface area contributed by atoms with Crippen LogP contribution in [-0.2, 0) is 6.54 Å². The molecule has 84 valence electrons. The number of rotatable bonds is 3. The quantitative estimate of drug-likeness (QED) is 0.646. The van der Waals surface area contributed by atoms with Crippen molar-refractivity contribution >= 4 is 18.4 Å². The fraction of sp³-hybridized carbons (Fsp3) is 0.333. The lowest BCUT2D eigenvalue weighted by molar-refractivity contribution is 0.653. The first-order valence-electron chi connectivity index (χ1n) is 4.91. The number of nitrogens with one attached hydrogen (secondary N) is 1. The second-order valence-electron chi connectivity index (χ2n) is 3.28.